The lowest BCUT2D eigenvalue weighted by molar-refractivity contribution is -0.133. The van der Waals surface area contributed by atoms with Gasteiger partial charge in [0, 0.05) is 12.8 Å². The topological polar surface area (TPSA) is 37.4 Å². The lowest BCUT2D eigenvalue weighted by Crippen LogP contribution is -2.42. The van der Waals surface area contributed by atoms with Crippen LogP contribution < -0.4 is 0 Å². The fourth-order valence-corrected chi connectivity index (χ4v) is 4.96. The van der Waals surface area contributed by atoms with Crippen molar-refractivity contribution in [3.05, 3.63) is 0 Å². The van der Waals surface area contributed by atoms with E-state index in [1.807, 2.05) is 19.0 Å². The number of ketones is 2. The predicted octanol–water partition coefficient (Wildman–Crippen LogP) is 9.46. The molecule has 0 amide bonds. The van der Waals surface area contributed by atoms with Gasteiger partial charge in [0.1, 0.15) is 6.04 Å². The van der Waals surface area contributed by atoms with Gasteiger partial charge in [-0.3, -0.25) is 14.5 Å². The van der Waals surface area contributed by atoms with Crippen LogP contribution >= 0.6 is 0 Å². The van der Waals surface area contributed by atoms with Crippen molar-refractivity contribution in [1.29, 1.82) is 0 Å². The number of unbranched alkanes of at least 4 members (excludes halogenated alkanes) is 20. The van der Waals surface area contributed by atoms with Gasteiger partial charge in [-0.05, 0) is 26.9 Å². The maximum Gasteiger partial charge on any atom is 0.157 e. The molecule has 0 spiro atoms. The summed E-state index contributed by atoms with van der Waals surface area (Å²) in [7, 11) is 3.75. The third-order valence-electron chi connectivity index (χ3n) is 7.18. The lowest BCUT2D eigenvalue weighted by Gasteiger charge is -2.22. The minimum absolute atomic E-state index is 0.133. The summed E-state index contributed by atoms with van der Waals surface area (Å²) in [5.74, 6) is 0.267. The third kappa shape index (κ3) is 20.7. The van der Waals surface area contributed by atoms with Crippen LogP contribution in [0.1, 0.15) is 168 Å². The monoisotopic (exact) mass is 479 g/mol. The molecule has 0 heterocycles. The van der Waals surface area contributed by atoms with Gasteiger partial charge in [-0.15, -0.1) is 0 Å². The third-order valence-corrected chi connectivity index (χ3v) is 7.18. The molecular weight excluding hydrogens is 418 g/mol. The van der Waals surface area contributed by atoms with Crippen LogP contribution in [0.25, 0.3) is 0 Å². The molecule has 0 aromatic heterocycles. The predicted molar refractivity (Wildman–Crippen MR) is 150 cm³/mol. The first kappa shape index (κ1) is 33.3. The zero-order valence-electron chi connectivity index (χ0n) is 23.8. The van der Waals surface area contributed by atoms with Crippen molar-refractivity contribution in [2.75, 3.05) is 14.1 Å². The van der Waals surface area contributed by atoms with Crippen molar-refractivity contribution in [2.45, 2.75) is 174 Å². The fourth-order valence-electron chi connectivity index (χ4n) is 4.96. The van der Waals surface area contributed by atoms with Crippen molar-refractivity contribution in [3.63, 3.8) is 0 Å². The second-order valence-electron chi connectivity index (χ2n) is 10.9. The smallest absolute Gasteiger partial charge is 0.157 e. The van der Waals surface area contributed by atoms with Crippen LogP contribution in [0, 0.1) is 0 Å². The van der Waals surface area contributed by atoms with Crippen LogP contribution in [-0.4, -0.2) is 36.6 Å². The summed E-state index contributed by atoms with van der Waals surface area (Å²) >= 11 is 0. The Hall–Kier alpha value is -0.700. The number of likely N-dealkylation sites (N-methyl/N-ethyl adjacent to an activating group) is 1. The maximum atomic E-state index is 12.7. The summed E-state index contributed by atoms with van der Waals surface area (Å²) in [6, 6.07) is -0.522. The Bertz CT molecular complexity index is 422. The molecule has 0 aliphatic rings. The number of nitrogens with zero attached hydrogens (tertiary/aromatic N) is 1. The zero-order valence-corrected chi connectivity index (χ0v) is 23.8. The summed E-state index contributed by atoms with van der Waals surface area (Å²) in [4.78, 5) is 27.3. The van der Waals surface area contributed by atoms with Crippen molar-refractivity contribution in [1.82, 2.24) is 4.90 Å². The van der Waals surface area contributed by atoms with E-state index in [0.717, 1.165) is 25.7 Å². The molecule has 0 N–H and O–H groups in total. The van der Waals surface area contributed by atoms with Crippen molar-refractivity contribution in [2.24, 2.45) is 0 Å². The van der Waals surface area contributed by atoms with Gasteiger partial charge in [-0.1, -0.05) is 142 Å². The fraction of sp³-hybridized carbons (Fsp3) is 0.935. The highest BCUT2D eigenvalue weighted by atomic mass is 16.2. The van der Waals surface area contributed by atoms with Gasteiger partial charge in [0.25, 0.3) is 0 Å². The van der Waals surface area contributed by atoms with Crippen LogP contribution in [0.4, 0.5) is 0 Å². The molecule has 202 valence electrons. The summed E-state index contributed by atoms with van der Waals surface area (Å²) < 4.78 is 0. The normalized spacial score (nSPS) is 11.6. The van der Waals surface area contributed by atoms with Gasteiger partial charge in [0.15, 0.2) is 11.6 Å². The molecule has 0 saturated carbocycles. The molecular formula is C31H61NO2. The van der Waals surface area contributed by atoms with E-state index in [9.17, 15) is 9.59 Å². The average Bonchev–Trinajstić information content (AvgIpc) is 2.80. The van der Waals surface area contributed by atoms with Crippen molar-refractivity contribution < 1.29 is 9.59 Å². The SMILES string of the molecule is CCCCCCCCCCCCCC(=O)C(C(=O)CCCCCCCCCCCCC)N(C)C. The summed E-state index contributed by atoms with van der Waals surface area (Å²) in [5.41, 5.74) is 0. The molecule has 0 aliphatic heterocycles. The highest BCUT2D eigenvalue weighted by Gasteiger charge is 2.27. The zero-order chi connectivity index (χ0) is 25.3. The Morgan fingerprint density at radius 1 is 0.441 bits per heavy atom. The minimum atomic E-state index is -0.522. The van der Waals surface area contributed by atoms with Gasteiger partial charge >= 0.3 is 0 Å². The first-order valence-electron chi connectivity index (χ1n) is 15.3. The quantitative estimate of drug-likeness (QED) is 0.0869. The van der Waals surface area contributed by atoms with Crippen LogP contribution in [0.3, 0.4) is 0 Å². The molecule has 0 atom stereocenters. The number of Topliss-reactive ketones (excluding diaryl/α,β-unsaturated/α-hetero) is 2. The van der Waals surface area contributed by atoms with Gasteiger partial charge in [0.2, 0.25) is 0 Å². The average molecular weight is 480 g/mol. The van der Waals surface area contributed by atoms with Gasteiger partial charge in [-0.2, -0.15) is 0 Å². The van der Waals surface area contributed by atoms with E-state index in [2.05, 4.69) is 13.8 Å². The number of rotatable bonds is 27. The molecule has 0 aromatic rings. The van der Waals surface area contributed by atoms with Crippen LogP contribution in [0.15, 0.2) is 0 Å². The van der Waals surface area contributed by atoms with Crippen LogP contribution in [0.5, 0.6) is 0 Å². The van der Waals surface area contributed by atoms with E-state index in [1.54, 1.807) is 0 Å². The molecule has 3 nitrogen and oxygen atoms in total. The van der Waals surface area contributed by atoms with Crippen LogP contribution in [0.2, 0.25) is 0 Å². The van der Waals surface area contributed by atoms with Gasteiger partial charge < -0.3 is 0 Å². The van der Waals surface area contributed by atoms with E-state index in [-0.39, 0.29) is 11.6 Å². The van der Waals surface area contributed by atoms with Crippen molar-refractivity contribution >= 4 is 11.6 Å². The van der Waals surface area contributed by atoms with Crippen molar-refractivity contribution in [3.8, 4) is 0 Å². The molecule has 0 rings (SSSR count). The number of carbonyl (C=O) groups excluding carboxylic acids is 2. The molecule has 0 saturated heterocycles. The summed E-state index contributed by atoms with van der Waals surface area (Å²) in [6.45, 7) is 4.53. The molecule has 0 aliphatic carbocycles. The number of carbonyl (C=O) groups is 2. The summed E-state index contributed by atoms with van der Waals surface area (Å²) in [5, 5.41) is 0. The molecule has 34 heavy (non-hydrogen) atoms. The number of hydrogen-bond donors (Lipinski definition) is 0. The van der Waals surface area contributed by atoms with Gasteiger partial charge in [-0.25, -0.2) is 0 Å². The Labute approximate surface area is 214 Å². The molecule has 0 aromatic carbocycles. The maximum absolute atomic E-state index is 12.7. The van der Waals surface area contributed by atoms with Gasteiger partial charge in [0.05, 0.1) is 0 Å². The highest BCUT2D eigenvalue weighted by molar-refractivity contribution is 6.06. The van der Waals surface area contributed by atoms with E-state index >= 15 is 0 Å². The Balaban J connectivity index is 3.78. The van der Waals surface area contributed by atoms with E-state index in [4.69, 9.17) is 0 Å². The first-order chi connectivity index (χ1) is 16.5. The van der Waals surface area contributed by atoms with E-state index in [1.165, 1.54) is 116 Å². The summed E-state index contributed by atoms with van der Waals surface area (Å²) in [6.07, 6.45) is 29.4. The second-order valence-corrected chi connectivity index (χ2v) is 10.9. The molecule has 3 heteroatoms. The Morgan fingerprint density at radius 2 is 0.676 bits per heavy atom. The molecule has 0 fully saturated rings. The lowest BCUT2D eigenvalue weighted by atomic mass is 9.96. The Kier molecular flexibility index (Phi) is 24.9. The van der Waals surface area contributed by atoms with E-state index in [0.29, 0.717) is 12.8 Å². The Morgan fingerprint density at radius 3 is 0.912 bits per heavy atom. The van der Waals surface area contributed by atoms with Crippen LogP contribution in [-0.2, 0) is 9.59 Å². The number of hydrogen-bond acceptors (Lipinski definition) is 3. The second kappa shape index (κ2) is 25.4. The highest BCUT2D eigenvalue weighted by Crippen LogP contribution is 2.15. The molecule has 0 radical (unpaired) electrons. The molecule has 0 bridgehead atoms. The van der Waals surface area contributed by atoms with E-state index < -0.39 is 6.04 Å². The standard InChI is InChI=1S/C31H61NO2/c1-5-7-9-11-13-15-17-19-21-23-25-27-29(33)31(32(3)4)30(34)28-26-24-22-20-18-16-14-12-10-8-6-2/h31H,5-28H2,1-4H3. The molecule has 0 unspecified atom stereocenters. The first-order valence-corrected chi connectivity index (χ1v) is 15.3. The largest absolute Gasteiger partial charge is 0.297 e. The minimum Gasteiger partial charge on any atom is -0.297 e.